The highest BCUT2D eigenvalue weighted by atomic mass is 32.2. The van der Waals surface area contributed by atoms with Crippen molar-refractivity contribution in [2.45, 2.75) is 49.2 Å². The van der Waals surface area contributed by atoms with Crippen molar-refractivity contribution in [2.24, 2.45) is 5.92 Å². The van der Waals surface area contributed by atoms with Gasteiger partial charge in [0.05, 0.1) is 9.82 Å². The van der Waals surface area contributed by atoms with Gasteiger partial charge in [0.25, 0.3) is 5.69 Å². The number of likely N-dealkylation sites (tertiary alicyclic amines) is 1. The summed E-state index contributed by atoms with van der Waals surface area (Å²) in [5.41, 5.74) is 1.32. The van der Waals surface area contributed by atoms with Gasteiger partial charge in [-0.3, -0.25) is 15.0 Å². The molecule has 2 bridgehead atoms. The smallest absolute Gasteiger partial charge is 0.269 e. The van der Waals surface area contributed by atoms with Crippen LogP contribution in [-0.4, -0.2) is 32.7 Å². The van der Waals surface area contributed by atoms with Crippen LogP contribution in [0.4, 0.5) is 5.69 Å². The highest BCUT2D eigenvalue weighted by molar-refractivity contribution is 7.83. The zero-order chi connectivity index (χ0) is 19.7. The molecule has 0 amide bonds. The number of benzene rings is 2. The summed E-state index contributed by atoms with van der Waals surface area (Å²) in [6.07, 6.45) is 3.47. The molecule has 0 aromatic heterocycles. The molecule has 1 saturated heterocycles. The zero-order valence-electron chi connectivity index (χ0n) is 15.9. The molecule has 2 fully saturated rings. The first-order valence-corrected chi connectivity index (χ1v) is 10.9. The Labute approximate surface area is 167 Å². The average molecular weight is 400 g/mol. The molecule has 7 heteroatoms. The van der Waals surface area contributed by atoms with E-state index < -0.39 is 15.9 Å². The Morgan fingerprint density at radius 3 is 2.54 bits per heavy atom. The minimum Gasteiger partial charge on any atom is -0.292 e. The van der Waals surface area contributed by atoms with Gasteiger partial charge in [-0.25, -0.2) is 8.93 Å². The first-order valence-electron chi connectivity index (χ1n) is 9.76. The molecule has 1 saturated carbocycles. The van der Waals surface area contributed by atoms with Crippen LogP contribution in [0.3, 0.4) is 0 Å². The number of nitrogens with zero attached hydrogens (tertiary/aromatic N) is 2. The molecule has 2 aromatic carbocycles. The van der Waals surface area contributed by atoms with Crippen molar-refractivity contribution in [3.8, 4) is 0 Å². The molecule has 4 rings (SSSR count). The van der Waals surface area contributed by atoms with Crippen molar-refractivity contribution in [2.75, 3.05) is 6.54 Å². The standard InChI is InChI=1S/C21H25N3O3S/c1-15(16-5-3-2-4-6-16)23-14-21(17-7-8-19(23)13-17)22-28(27)20-11-9-18(10-12-20)24(25)26/h2-6,9-12,15,17,19,21-22H,7-8,13-14H2,1H3/t15-,17+,19-,21+,28?/m0/s1. The second kappa shape index (κ2) is 8.11. The molecule has 2 aliphatic rings. The van der Waals surface area contributed by atoms with Gasteiger partial charge < -0.3 is 0 Å². The fourth-order valence-corrected chi connectivity index (χ4v) is 5.67. The second-order valence-corrected chi connectivity index (χ2v) is 9.00. The number of hydrogen-bond donors (Lipinski definition) is 1. The number of nitrogens with one attached hydrogen (secondary N) is 1. The lowest BCUT2D eigenvalue weighted by Crippen LogP contribution is -2.52. The molecule has 0 spiro atoms. The molecule has 2 aromatic rings. The number of non-ortho nitro benzene ring substituents is 1. The van der Waals surface area contributed by atoms with Crippen LogP contribution in [-0.2, 0) is 11.0 Å². The van der Waals surface area contributed by atoms with Crippen molar-refractivity contribution in [1.82, 2.24) is 9.62 Å². The Balaban J connectivity index is 1.47. The SMILES string of the molecule is C[C@@H](c1ccccc1)N1C[C@@H](NS(=O)c2ccc([N+](=O)[O-])cc2)[C@@H]2CC[C@H]1C2. The van der Waals surface area contributed by atoms with Crippen molar-refractivity contribution < 1.29 is 9.13 Å². The topological polar surface area (TPSA) is 75.5 Å². The van der Waals surface area contributed by atoms with E-state index in [9.17, 15) is 14.3 Å². The number of nitro groups is 1. The molecule has 1 N–H and O–H groups in total. The van der Waals surface area contributed by atoms with Crippen LogP contribution in [0.2, 0.25) is 0 Å². The van der Waals surface area contributed by atoms with Crippen LogP contribution in [0.1, 0.15) is 37.8 Å². The molecule has 28 heavy (non-hydrogen) atoms. The van der Waals surface area contributed by atoms with E-state index in [-0.39, 0.29) is 11.7 Å². The van der Waals surface area contributed by atoms with E-state index in [0.717, 1.165) is 19.4 Å². The molecule has 5 atom stereocenters. The summed E-state index contributed by atoms with van der Waals surface area (Å²) in [5.74, 6) is 0.534. The molecule has 1 heterocycles. The largest absolute Gasteiger partial charge is 0.292 e. The van der Waals surface area contributed by atoms with Gasteiger partial charge in [0, 0.05) is 36.8 Å². The fourth-order valence-electron chi connectivity index (χ4n) is 4.61. The van der Waals surface area contributed by atoms with Gasteiger partial charge in [-0.2, -0.15) is 0 Å². The third-order valence-electron chi connectivity index (χ3n) is 6.19. The monoisotopic (exact) mass is 399 g/mol. The predicted molar refractivity (Wildman–Crippen MR) is 109 cm³/mol. The van der Waals surface area contributed by atoms with Crippen LogP contribution < -0.4 is 4.72 Å². The Kier molecular flexibility index (Phi) is 5.57. The number of nitro benzene ring substituents is 1. The van der Waals surface area contributed by atoms with Crippen LogP contribution in [0.15, 0.2) is 59.5 Å². The van der Waals surface area contributed by atoms with Crippen molar-refractivity contribution in [3.63, 3.8) is 0 Å². The van der Waals surface area contributed by atoms with E-state index >= 15 is 0 Å². The van der Waals surface area contributed by atoms with Crippen molar-refractivity contribution in [3.05, 3.63) is 70.3 Å². The fraction of sp³-hybridized carbons (Fsp3) is 0.429. The van der Waals surface area contributed by atoms with E-state index in [2.05, 4.69) is 40.8 Å². The quantitative estimate of drug-likeness (QED) is 0.592. The molecule has 148 valence electrons. The minimum absolute atomic E-state index is 0.0138. The van der Waals surface area contributed by atoms with E-state index in [1.54, 1.807) is 12.1 Å². The van der Waals surface area contributed by atoms with Crippen LogP contribution in [0.25, 0.3) is 0 Å². The van der Waals surface area contributed by atoms with Gasteiger partial charge in [-0.15, -0.1) is 0 Å². The van der Waals surface area contributed by atoms with Gasteiger partial charge in [-0.05, 0) is 49.8 Å². The van der Waals surface area contributed by atoms with Crippen molar-refractivity contribution in [1.29, 1.82) is 0 Å². The van der Waals surface area contributed by atoms with Gasteiger partial charge in [0.1, 0.15) is 11.0 Å². The first-order chi connectivity index (χ1) is 13.5. The van der Waals surface area contributed by atoms with Crippen molar-refractivity contribution >= 4 is 16.7 Å². The predicted octanol–water partition coefficient (Wildman–Crippen LogP) is 3.82. The summed E-state index contributed by atoms with van der Waals surface area (Å²) in [5, 5.41) is 10.8. The van der Waals surface area contributed by atoms with Crippen LogP contribution in [0, 0.1) is 16.0 Å². The third-order valence-corrected chi connectivity index (χ3v) is 7.41. The Bertz CT molecular complexity index is 859. The number of fused-ring (bicyclic) bond motifs is 2. The molecule has 1 unspecified atom stereocenters. The lowest BCUT2D eigenvalue weighted by atomic mass is 9.92. The first kappa shape index (κ1) is 19.2. The lowest BCUT2D eigenvalue weighted by molar-refractivity contribution is -0.384. The average Bonchev–Trinajstić information content (AvgIpc) is 3.14. The highest BCUT2D eigenvalue weighted by Crippen LogP contribution is 2.40. The zero-order valence-corrected chi connectivity index (χ0v) is 16.7. The Morgan fingerprint density at radius 2 is 1.86 bits per heavy atom. The Morgan fingerprint density at radius 1 is 1.14 bits per heavy atom. The van der Waals surface area contributed by atoms with Crippen LogP contribution in [0.5, 0.6) is 0 Å². The third kappa shape index (κ3) is 3.87. The molecule has 0 radical (unpaired) electrons. The van der Waals surface area contributed by atoms with E-state index in [1.807, 2.05) is 6.07 Å². The van der Waals surface area contributed by atoms with Crippen LogP contribution >= 0.6 is 0 Å². The number of hydrogen-bond acceptors (Lipinski definition) is 4. The van der Waals surface area contributed by atoms with Gasteiger partial charge >= 0.3 is 0 Å². The molecule has 1 aliphatic carbocycles. The lowest BCUT2D eigenvalue weighted by Gasteiger charge is -2.42. The normalized spacial score (nSPS) is 26.7. The maximum Gasteiger partial charge on any atom is 0.269 e. The molecular weight excluding hydrogens is 374 g/mol. The Hall–Kier alpha value is -2.09. The molecular formula is C21H25N3O3S. The van der Waals surface area contributed by atoms with E-state index in [0.29, 0.717) is 22.9 Å². The van der Waals surface area contributed by atoms with E-state index in [4.69, 9.17) is 0 Å². The van der Waals surface area contributed by atoms with Gasteiger partial charge in [0.2, 0.25) is 0 Å². The van der Waals surface area contributed by atoms with Gasteiger partial charge in [-0.1, -0.05) is 30.3 Å². The summed E-state index contributed by atoms with van der Waals surface area (Å²) in [4.78, 5) is 13.5. The van der Waals surface area contributed by atoms with E-state index in [1.165, 1.54) is 24.1 Å². The highest BCUT2D eigenvalue weighted by Gasteiger charge is 2.42. The maximum atomic E-state index is 12.8. The second-order valence-electron chi connectivity index (χ2n) is 7.75. The number of piperidine rings is 1. The molecule has 1 aliphatic heterocycles. The maximum absolute atomic E-state index is 12.8. The summed E-state index contributed by atoms with van der Waals surface area (Å²) >= 11 is 0. The number of rotatable bonds is 6. The summed E-state index contributed by atoms with van der Waals surface area (Å²) in [6, 6.07) is 17.6. The summed E-state index contributed by atoms with van der Waals surface area (Å²) < 4.78 is 16.1. The van der Waals surface area contributed by atoms with Gasteiger partial charge in [0.15, 0.2) is 0 Å². The summed E-state index contributed by atoms with van der Waals surface area (Å²) in [6.45, 7) is 3.11. The summed E-state index contributed by atoms with van der Waals surface area (Å²) in [7, 11) is -1.38. The minimum atomic E-state index is -1.38. The molecule has 6 nitrogen and oxygen atoms in total.